The molecule has 22 heavy (non-hydrogen) atoms. The van der Waals surface area contributed by atoms with Gasteiger partial charge in [-0.05, 0) is 30.5 Å². The smallest absolute Gasteiger partial charge is 0.261 e. The van der Waals surface area contributed by atoms with Gasteiger partial charge in [0.15, 0.2) is 0 Å². The minimum Gasteiger partial charge on any atom is -0.381 e. The molecule has 0 amide bonds. The lowest BCUT2D eigenvalue weighted by Crippen LogP contribution is -2.18. The summed E-state index contributed by atoms with van der Waals surface area (Å²) in [5.41, 5.74) is 0.543. The summed E-state index contributed by atoms with van der Waals surface area (Å²) in [5.74, 6) is 0.779. The third-order valence-electron chi connectivity index (χ3n) is 3.65. The molecule has 0 saturated carbocycles. The van der Waals surface area contributed by atoms with Crippen LogP contribution < -0.4 is 5.56 Å². The van der Waals surface area contributed by atoms with Crippen LogP contribution in [0.2, 0.25) is 0 Å². The van der Waals surface area contributed by atoms with Gasteiger partial charge in [0.25, 0.3) is 5.56 Å². The van der Waals surface area contributed by atoms with Crippen molar-refractivity contribution in [3.63, 3.8) is 0 Å². The molecular formula is C15H16ClFN2O2S. The van der Waals surface area contributed by atoms with Gasteiger partial charge in [-0.25, -0.2) is 9.37 Å². The number of rotatable bonds is 4. The van der Waals surface area contributed by atoms with E-state index in [1.165, 1.54) is 6.07 Å². The first-order valence-corrected chi connectivity index (χ1v) is 8.72. The van der Waals surface area contributed by atoms with Crippen molar-refractivity contribution in [1.82, 2.24) is 9.97 Å². The van der Waals surface area contributed by atoms with Gasteiger partial charge in [0, 0.05) is 24.3 Å². The largest absolute Gasteiger partial charge is 0.381 e. The summed E-state index contributed by atoms with van der Waals surface area (Å²) < 4.78 is 19.3. The maximum absolute atomic E-state index is 14.0. The third-order valence-corrected chi connectivity index (χ3v) is 5.34. The van der Waals surface area contributed by atoms with Crippen LogP contribution in [0.15, 0.2) is 16.9 Å². The minimum absolute atomic E-state index is 0.00585. The Balaban J connectivity index is 1.85. The molecule has 4 nitrogen and oxygen atoms in total. The van der Waals surface area contributed by atoms with Crippen LogP contribution in [0.4, 0.5) is 4.39 Å². The molecule has 0 bridgehead atoms. The quantitative estimate of drug-likeness (QED) is 0.867. The zero-order valence-electron chi connectivity index (χ0n) is 11.9. The molecule has 118 valence electrons. The predicted molar refractivity (Wildman–Crippen MR) is 87.0 cm³/mol. The molecule has 3 rings (SSSR count). The van der Waals surface area contributed by atoms with Crippen molar-refractivity contribution >= 4 is 34.3 Å². The van der Waals surface area contributed by atoms with E-state index < -0.39 is 11.4 Å². The number of thioether (sulfide) groups is 1. The number of hydrogen-bond acceptors (Lipinski definition) is 4. The number of H-pyrrole nitrogens is 1. The number of nitrogens with zero attached hydrogens (tertiary/aromatic N) is 1. The number of aromatic nitrogens is 2. The fourth-order valence-electron chi connectivity index (χ4n) is 2.51. The van der Waals surface area contributed by atoms with Crippen molar-refractivity contribution in [1.29, 1.82) is 0 Å². The van der Waals surface area contributed by atoms with E-state index in [1.807, 2.05) is 0 Å². The first-order valence-electron chi connectivity index (χ1n) is 7.14. The number of nitrogens with one attached hydrogen (secondary N) is 1. The molecule has 1 aliphatic rings. The van der Waals surface area contributed by atoms with Crippen molar-refractivity contribution in [3.8, 4) is 0 Å². The highest BCUT2D eigenvalue weighted by molar-refractivity contribution is 7.99. The second-order valence-electron chi connectivity index (χ2n) is 5.24. The summed E-state index contributed by atoms with van der Waals surface area (Å²) in [5, 5.41) is 0.509. The van der Waals surface area contributed by atoms with E-state index in [2.05, 4.69) is 9.97 Å². The highest BCUT2D eigenvalue weighted by Crippen LogP contribution is 2.25. The van der Waals surface area contributed by atoms with Crippen LogP contribution in [0.5, 0.6) is 0 Å². The van der Waals surface area contributed by atoms with Gasteiger partial charge in [-0.15, -0.1) is 11.6 Å². The Morgan fingerprint density at radius 3 is 2.91 bits per heavy atom. The van der Waals surface area contributed by atoms with E-state index in [1.54, 1.807) is 17.8 Å². The van der Waals surface area contributed by atoms with Gasteiger partial charge in [0.2, 0.25) is 0 Å². The third kappa shape index (κ3) is 3.45. The summed E-state index contributed by atoms with van der Waals surface area (Å²) in [7, 11) is 0. The number of benzene rings is 1. The highest BCUT2D eigenvalue weighted by atomic mass is 35.5. The van der Waals surface area contributed by atoms with Crippen LogP contribution in [-0.4, -0.2) is 28.4 Å². The molecule has 1 saturated heterocycles. The minimum atomic E-state index is -0.578. The normalized spacial score (nSPS) is 16.3. The first kappa shape index (κ1) is 15.8. The van der Waals surface area contributed by atoms with Gasteiger partial charge >= 0.3 is 0 Å². The lowest BCUT2D eigenvalue weighted by molar-refractivity contribution is 0.1000. The molecule has 0 radical (unpaired) electrons. The highest BCUT2D eigenvalue weighted by Gasteiger charge is 2.16. The molecule has 0 atom stereocenters. The van der Waals surface area contributed by atoms with Crippen LogP contribution >= 0.6 is 23.4 Å². The number of hydrogen-bond donors (Lipinski definition) is 1. The molecule has 1 fully saturated rings. The van der Waals surface area contributed by atoms with Crippen molar-refractivity contribution in [2.75, 3.05) is 13.2 Å². The molecule has 1 aliphatic heterocycles. The van der Waals surface area contributed by atoms with Gasteiger partial charge in [-0.1, -0.05) is 0 Å². The lowest BCUT2D eigenvalue weighted by Gasteiger charge is -2.21. The SMILES string of the molecule is O=c1[nH]c(CSC2CCOCC2)nc2cc(CCl)cc(F)c12. The van der Waals surface area contributed by atoms with E-state index in [0.717, 1.165) is 26.1 Å². The van der Waals surface area contributed by atoms with E-state index in [-0.39, 0.29) is 11.3 Å². The van der Waals surface area contributed by atoms with E-state index in [4.69, 9.17) is 16.3 Å². The Kier molecular flexibility index (Phi) is 5.00. The van der Waals surface area contributed by atoms with Crippen molar-refractivity contribution in [3.05, 3.63) is 39.7 Å². The molecular weight excluding hydrogens is 327 g/mol. The van der Waals surface area contributed by atoms with Crippen LogP contribution in [0, 0.1) is 5.82 Å². The van der Waals surface area contributed by atoms with Crippen molar-refractivity contribution < 1.29 is 9.13 Å². The summed E-state index contributed by atoms with van der Waals surface area (Å²) in [4.78, 5) is 19.1. The zero-order chi connectivity index (χ0) is 15.5. The van der Waals surface area contributed by atoms with Gasteiger partial charge in [-0.3, -0.25) is 4.79 Å². The topological polar surface area (TPSA) is 55.0 Å². The standard InChI is InChI=1S/C15H16ClFN2O2S/c16-7-9-5-11(17)14-12(6-9)18-13(19-15(14)20)8-22-10-1-3-21-4-2-10/h5-6,10H,1-4,7-8H2,(H,18,19,20). The first-order chi connectivity index (χ1) is 10.7. The summed E-state index contributed by atoms with van der Waals surface area (Å²) >= 11 is 7.49. The van der Waals surface area contributed by atoms with E-state index in [9.17, 15) is 9.18 Å². The molecule has 1 aromatic heterocycles. The van der Waals surface area contributed by atoms with Crippen LogP contribution in [0.3, 0.4) is 0 Å². The predicted octanol–water partition coefficient (Wildman–Crippen LogP) is 3.21. The molecule has 0 spiro atoms. The van der Waals surface area contributed by atoms with Crippen LogP contribution in [0.25, 0.3) is 10.9 Å². The number of halogens is 2. The Bertz CT molecular complexity index is 731. The van der Waals surface area contributed by atoms with Crippen molar-refractivity contribution in [2.45, 2.75) is 29.7 Å². The Labute approximate surface area is 136 Å². The van der Waals surface area contributed by atoms with E-state index in [0.29, 0.717) is 27.9 Å². The zero-order valence-corrected chi connectivity index (χ0v) is 13.5. The lowest BCUT2D eigenvalue weighted by atomic mass is 10.1. The number of alkyl halides is 1. The average Bonchev–Trinajstić information content (AvgIpc) is 2.53. The summed E-state index contributed by atoms with van der Waals surface area (Å²) in [6.45, 7) is 1.56. The molecule has 2 aromatic rings. The fraction of sp³-hybridized carbons (Fsp3) is 0.467. The number of aromatic amines is 1. The Morgan fingerprint density at radius 1 is 1.41 bits per heavy atom. The number of ether oxygens (including phenoxy) is 1. The van der Waals surface area contributed by atoms with Gasteiger partial charge in [0.1, 0.15) is 17.0 Å². The molecule has 0 aliphatic carbocycles. The van der Waals surface area contributed by atoms with Gasteiger partial charge in [0.05, 0.1) is 11.3 Å². The number of fused-ring (bicyclic) bond motifs is 1. The average molecular weight is 343 g/mol. The second-order valence-corrected chi connectivity index (χ2v) is 6.80. The Morgan fingerprint density at radius 2 is 2.18 bits per heavy atom. The maximum Gasteiger partial charge on any atom is 0.261 e. The maximum atomic E-state index is 14.0. The summed E-state index contributed by atoms with van der Waals surface area (Å²) in [6, 6.07) is 2.95. The summed E-state index contributed by atoms with van der Waals surface area (Å²) in [6.07, 6.45) is 2.01. The fourth-order valence-corrected chi connectivity index (χ4v) is 3.72. The van der Waals surface area contributed by atoms with Gasteiger partial charge < -0.3 is 9.72 Å². The van der Waals surface area contributed by atoms with Crippen LogP contribution in [0.1, 0.15) is 24.2 Å². The molecule has 1 N–H and O–H groups in total. The van der Waals surface area contributed by atoms with Gasteiger partial charge in [-0.2, -0.15) is 11.8 Å². The van der Waals surface area contributed by atoms with Crippen molar-refractivity contribution in [2.24, 2.45) is 0 Å². The monoisotopic (exact) mass is 342 g/mol. The second kappa shape index (κ2) is 6.98. The van der Waals surface area contributed by atoms with Crippen LogP contribution in [-0.2, 0) is 16.4 Å². The van der Waals surface area contributed by atoms with E-state index >= 15 is 0 Å². The molecule has 0 unspecified atom stereocenters. The molecule has 7 heteroatoms. The molecule has 1 aromatic carbocycles. The Hall–Kier alpha value is -1.11. The molecule has 2 heterocycles.